The van der Waals surface area contributed by atoms with Crippen LogP contribution >= 0.6 is 0 Å². The van der Waals surface area contributed by atoms with Crippen LogP contribution < -0.4 is 10.1 Å². The van der Waals surface area contributed by atoms with Crippen molar-refractivity contribution in [1.29, 1.82) is 0 Å². The highest BCUT2D eigenvalue weighted by atomic mass is 16.5. The van der Waals surface area contributed by atoms with Gasteiger partial charge in [-0.2, -0.15) is 0 Å². The van der Waals surface area contributed by atoms with Crippen LogP contribution in [-0.4, -0.2) is 24.8 Å². The molecule has 1 aromatic carbocycles. The van der Waals surface area contributed by atoms with E-state index >= 15 is 0 Å². The summed E-state index contributed by atoms with van der Waals surface area (Å²) in [5.41, 5.74) is 2.10. The van der Waals surface area contributed by atoms with Crippen molar-refractivity contribution in [3.63, 3.8) is 0 Å². The fourth-order valence-corrected chi connectivity index (χ4v) is 2.59. The van der Waals surface area contributed by atoms with Crippen molar-refractivity contribution >= 4 is 0 Å². The molecule has 1 aliphatic heterocycles. The lowest BCUT2D eigenvalue weighted by Gasteiger charge is -2.28. The van der Waals surface area contributed by atoms with Crippen molar-refractivity contribution in [2.24, 2.45) is 5.92 Å². The summed E-state index contributed by atoms with van der Waals surface area (Å²) in [5, 5.41) is 13.9. The predicted molar refractivity (Wildman–Crippen MR) is 72.9 cm³/mol. The van der Waals surface area contributed by atoms with Gasteiger partial charge < -0.3 is 15.2 Å². The number of hydrogen-bond donors (Lipinski definition) is 2. The molecule has 1 aliphatic rings. The first-order chi connectivity index (χ1) is 8.72. The van der Waals surface area contributed by atoms with Crippen LogP contribution in [0.25, 0.3) is 0 Å². The first-order valence-electron chi connectivity index (χ1n) is 6.84. The second-order valence-corrected chi connectivity index (χ2v) is 5.03. The van der Waals surface area contributed by atoms with Crippen LogP contribution in [0.3, 0.4) is 0 Å². The van der Waals surface area contributed by atoms with E-state index < -0.39 is 6.10 Å². The number of rotatable bonds is 4. The van der Waals surface area contributed by atoms with E-state index in [1.807, 2.05) is 32.0 Å². The molecular weight excluding hydrogens is 226 g/mol. The molecule has 2 N–H and O–H groups in total. The zero-order valence-electron chi connectivity index (χ0n) is 11.3. The number of aliphatic hydroxyl groups is 1. The Bertz CT molecular complexity index is 386. The molecule has 0 aliphatic carbocycles. The maximum atomic E-state index is 10.6. The van der Waals surface area contributed by atoms with Crippen LogP contribution in [0.2, 0.25) is 0 Å². The third-order valence-electron chi connectivity index (χ3n) is 3.57. The molecule has 100 valence electrons. The third-order valence-corrected chi connectivity index (χ3v) is 3.57. The number of hydrogen-bond acceptors (Lipinski definition) is 3. The quantitative estimate of drug-likeness (QED) is 0.861. The number of ether oxygens (including phenoxy) is 1. The maximum Gasteiger partial charge on any atom is 0.125 e. The van der Waals surface area contributed by atoms with E-state index in [1.165, 1.54) is 0 Å². The molecule has 0 radical (unpaired) electrons. The molecule has 1 aromatic rings. The van der Waals surface area contributed by atoms with Gasteiger partial charge in [-0.15, -0.1) is 0 Å². The van der Waals surface area contributed by atoms with E-state index in [0.717, 1.165) is 42.8 Å². The van der Waals surface area contributed by atoms with Crippen molar-refractivity contribution in [1.82, 2.24) is 5.32 Å². The van der Waals surface area contributed by atoms with Crippen molar-refractivity contribution in [2.45, 2.75) is 32.8 Å². The first kappa shape index (κ1) is 13.4. The Morgan fingerprint density at radius 2 is 2.33 bits per heavy atom. The standard InChI is InChI=1S/C15H23NO2/c1-3-18-14-7-6-11(2)9-13(14)15(17)12-5-4-8-16-10-12/h6-7,9,12,15-17H,3-5,8,10H2,1-2H3. The summed E-state index contributed by atoms with van der Waals surface area (Å²) in [5.74, 6) is 1.11. The Labute approximate surface area is 109 Å². The first-order valence-corrected chi connectivity index (χ1v) is 6.84. The van der Waals surface area contributed by atoms with Gasteiger partial charge in [0.2, 0.25) is 0 Å². The Kier molecular flexibility index (Phi) is 4.61. The Balaban J connectivity index is 2.21. The Hall–Kier alpha value is -1.06. The summed E-state index contributed by atoms with van der Waals surface area (Å²) < 4.78 is 5.62. The maximum absolute atomic E-state index is 10.6. The summed E-state index contributed by atoms with van der Waals surface area (Å²) in [6.45, 7) is 6.60. The van der Waals surface area contributed by atoms with Crippen molar-refractivity contribution in [3.05, 3.63) is 29.3 Å². The van der Waals surface area contributed by atoms with E-state index in [4.69, 9.17) is 4.74 Å². The third kappa shape index (κ3) is 3.03. The molecule has 3 heteroatoms. The van der Waals surface area contributed by atoms with Gasteiger partial charge in [0.15, 0.2) is 0 Å². The zero-order valence-corrected chi connectivity index (χ0v) is 11.3. The molecule has 2 atom stereocenters. The van der Waals surface area contributed by atoms with Crippen molar-refractivity contribution in [3.8, 4) is 5.75 Å². The van der Waals surface area contributed by atoms with Gasteiger partial charge in [0, 0.05) is 18.0 Å². The fourth-order valence-electron chi connectivity index (χ4n) is 2.59. The van der Waals surface area contributed by atoms with E-state index in [9.17, 15) is 5.11 Å². The summed E-state index contributed by atoms with van der Waals surface area (Å²) >= 11 is 0. The van der Waals surface area contributed by atoms with Crippen LogP contribution in [0, 0.1) is 12.8 Å². The topological polar surface area (TPSA) is 41.5 Å². The monoisotopic (exact) mass is 249 g/mol. The number of nitrogens with one attached hydrogen (secondary N) is 1. The number of benzene rings is 1. The number of aliphatic hydroxyl groups excluding tert-OH is 1. The lowest BCUT2D eigenvalue weighted by atomic mass is 9.88. The molecule has 0 bridgehead atoms. The van der Waals surface area contributed by atoms with Crippen molar-refractivity contribution in [2.75, 3.05) is 19.7 Å². The van der Waals surface area contributed by atoms with Crippen LogP contribution in [0.5, 0.6) is 5.75 Å². The largest absolute Gasteiger partial charge is 0.493 e. The molecule has 2 unspecified atom stereocenters. The minimum absolute atomic E-state index is 0.291. The second-order valence-electron chi connectivity index (χ2n) is 5.03. The number of aryl methyl sites for hydroxylation is 1. The Morgan fingerprint density at radius 1 is 1.50 bits per heavy atom. The molecule has 1 heterocycles. The molecule has 3 nitrogen and oxygen atoms in total. The summed E-state index contributed by atoms with van der Waals surface area (Å²) in [6.07, 6.45) is 1.78. The van der Waals surface area contributed by atoms with Gasteiger partial charge in [0.25, 0.3) is 0 Å². The second kappa shape index (κ2) is 6.21. The van der Waals surface area contributed by atoms with E-state index in [1.54, 1.807) is 0 Å². The zero-order chi connectivity index (χ0) is 13.0. The average Bonchev–Trinajstić information content (AvgIpc) is 2.41. The summed E-state index contributed by atoms with van der Waals surface area (Å²) in [6, 6.07) is 6.04. The molecule has 0 spiro atoms. The van der Waals surface area contributed by atoms with E-state index in [-0.39, 0.29) is 0 Å². The number of piperidine rings is 1. The van der Waals surface area contributed by atoms with Gasteiger partial charge in [-0.05, 0) is 45.4 Å². The van der Waals surface area contributed by atoms with E-state index in [0.29, 0.717) is 12.5 Å². The smallest absolute Gasteiger partial charge is 0.125 e. The molecule has 2 rings (SSSR count). The highest BCUT2D eigenvalue weighted by Gasteiger charge is 2.25. The average molecular weight is 249 g/mol. The minimum Gasteiger partial charge on any atom is -0.493 e. The highest BCUT2D eigenvalue weighted by molar-refractivity contribution is 5.38. The van der Waals surface area contributed by atoms with Gasteiger partial charge in [0.05, 0.1) is 12.7 Å². The van der Waals surface area contributed by atoms with Gasteiger partial charge in [-0.1, -0.05) is 11.6 Å². The Morgan fingerprint density at radius 3 is 3.00 bits per heavy atom. The van der Waals surface area contributed by atoms with Gasteiger partial charge in [-0.3, -0.25) is 0 Å². The molecule has 0 amide bonds. The summed E-state index contributed by atoms with van der Waals surface area (Å²) in [7, 11) is 0. The molecule has 0 aromatic heterocycles. The van der Waals surface area contributed by atoms with Gasteiger partial charge in [0.1, 0.15) is 5.75 Å². The lowest BCUT2D eigenvalue weighted by molar-refractivity contribution is 0.0890. The molecule has 1 fully saturated rings. The van der Waals surface area contributed by atoms with Crippen LogP contribution in [-0.2, 0) is 0 Å². The van der Waals surface area contributed by atoms with Crippen LogP contribution in [0.15, 0.2) is 18.2 Å². The molecule has 0 saturated carbocycles. The van der Waals surface area contributed by atoms with E-state index in [2.05, 4.69) is 5.32 Å². The molecule has 1 saturated heterocycles. The highest BCUT2D eigenvalue weighted by Crippen LogP contribution is 2.33. The fraction of sp³-hybridized carbons (Fsp3) is 0.600. The van der Waals surface area contributed by atoms with Crippen LogP contribution in [0.4, 0.5) is 0 Å². The molecule has 18 heavy (non-hydrogen) atoms. The lowest BCUT2D eigenvalue weighted by Crippen LogP contribution is -2.33. The predicted octanol–water partition coefficient (Wildman–Crippen LogP) is 2.43. The van der Waals surface area contributed by atoms with Crippen molar-refractivity contribution < 1.29 is 9.84 Å². The molecular formula is C15H23NO2. The van der Waals surface area contributed by atoms with Gasteiger partial charge in [-0.25, -0.2) is 0 Å². The summed E-state index contributed by atoms with van der Waals surface area (Å²) in [4.78, 5) is 0. The normalized spacial score (nSPS) is 21.6. The van der Waals surface area contributed by atoms with Gasteiger partial charge >= 0.3 is 0 Å². The SMILES string of the molecule is CCOc1ccc(C)cc1C(O)C1CCCNC1. The minimum atomic E-state index is -0.431. The van der Waals surface area contributed by atoms with Crippen LogP contribution in [0.1, 0.15) is 37.0 Å².